The third-order valence-corrected chi connectivity index (χ3v) is 2.81. The number of hydrogen-bond donors (Lipinski definition) is 3. The zero-order valence-corrected chi connectivity index (χ0v) is 10.9. The molecule has 0 atom stereocenters. The number of nitrogens with zero attached hydrogens (tertiary/aromatic N) is 1. The Balaban J connectivity index is 2.16. The van der Waals surface area contributed by atoms with Gasteiger partial charge >= 0.3 is 0 Å². The number of rotatable bonds is 3. The summed E-state index contributed by atoms with van der Waals surface area (Å²) >= 11 is 0. The third kappa shape index (κ3) is 3.08. The first-order valence-corrected chi connectivity index (χ1v) is 5.91. The molecule has 0 bridgehead atoms. The second-order valence-corrected chi connectivity index (χ2v) is 4.32. The predicted molar refractivity (Wildman–Crippen MR) is 75.9 cm³/mol. The highest BCUT2D eigenvalue weighted by Crippen LogP contribution is 2.16. The molecule has 1 heterocycles. The zero-order valence-electron chi connectivity index (χ0n) is 10.9. The van der Waals surface area contributed by atoms with Gasteiger partial charge in [-0.15, -0.1) is 0 Å². The number of carbonyl (C=O) groups is 1. The first-order valence-electron chi connectivity index (χ1n) is 5.91. The van der Waals surface area contributed by atoms with Crippen molar-refractivity contribution in [3.8, 4) is 0 Å². The Bertz CT molecular complexity index is 593. The predicted octanol–water partition coefficient (Wildman–Crippen LogP) is 2.24. The van der Waals surface area contributed by atoms with Gasteiger partial charge in [-0.1, -0.05) is 0 Å². The molecule has 19 heavy (non-hydrogen) atoms. The topological polar surface area (TPSA) is 80.0 Å². The van der Waals surface area contributed by atoms with Crippen LogP contribution in [-0.4, -0.2) is 10.9 Å². The summed E-state index contributed by atoms with van der Waals surface area (Å²) in [5.74, 6) is 5.19. The second-order valence-electron chi connectivity index (χ2n) is 4.32. The fourth-order valence-corrected chi connectivity index (χ4v) is 1.71. The summed E-state index contributed by atoms with van der Waals surface area (Å²) in [5, 5.41) is 2.80. The van der Waals surface area contributed by atoms with Gasteiger partial charge in [0.25, 0.3) is 5.91 Å². The lowest BCUT2D eigenvalue weighted by atomic mass is 10.1. The maximum Gasteiger partial charge on any atom is 0.255 e. The van der Waals surface area contributed by atoms with Crippen LogP contribution in [0, 0.1) is 13.8 Å². The Morgan fingerprint density at radius 2 is 2.00 bits per heavy atom. The number of benzene rings is 1. The highest BCUT2D eigenvalue weighted by atomic mass is 16.1. The normalized spacial score (nSPS) is 10.1. The first-order chi connectivity index (χ1) is 9.10. The van der Waals surface area contributed by atoms with E-state index in [0.29, 0.717) is 11.3 Å². The average molecular weight is 256 g/mol. The summed E-state index contributed by atoms with van der Waals surface area (Å²) in [6, 6.07) is 8.95. The third-order valence-electron chi connectivity index (χ3n) is 2.81. The Hall–Kier alpha value is -2.40. The highest BCUT2D eigenvalue weighted by Gasteiger charge is 2.08. The SMILES string of the molecule is Cc1ccc(NC(=O)c2ccc(NN)c(C)c2)cn1. The van der Waals surface area contributed by atoms with Gasteiger partial charge in [-0.05, 0) is 49.7 Å². The minimum absolute atomic E-state index is 0.169. The van der Waals surface area contributed by atoms with E-state index in [0.717, 1.165) is 16.9 Å². The number of aryl methyl sites for hydroxylation is 2. The lowest BCUT2D eigenvalue weighted by Gasteiger charge is -2.08. The highest BCUT2D eigenvalue weighted by molar-refractivity contribution is 6.04. The molecule has 0 aliphatic carbocycles. The van der Waals surface area contributed by atoms with Crippen molar-refractivity contribution in [2.45, 2.75) is 13.8 Å². The van der Waals surface area contributed by atoms with Crippen LogP contribution in [0.4, 0.5) is 11.4 Å². The van der Waals surface area contributed by atoms with Gasteiger partial charge in [0.05, 0.1) is 17.6 Å². The van der Waals surface area contributed by atoms with Crippen LogP contribution in [0.5, 0.6) is 0 Å². The molecule has 1 amide bonds. The molecule has 0 spiro atoms. The molecule has 0 saturated heterocycles. The van der Waals surface area contributed by atoms with Crippen LogP contribution in [-0.2, 0) is 0 Å². The summed E-state index contributed by atoms with van der Waals surface area (Å²) in [6.45, 7) is 3.78. The van der Waals surface area contributed by atoms with Gasteiger partial charge in [0.1, 0.15) is 0 Å². The summed E-state index contributed by atoms with van der Waals surface area (Å²) < 4.78 is 0. The number of carbonyl (C=O) groups excluding carboxylic acids is 1. The number of amides is 1. The minimum Gasteiger partial charge on any atom is -0.324 e. The summed E-state index contributed by atoms with van der Waals surface area (Å²) in [4.78, 5) is 16.2. The number of anilines is 2. The van der Waals surface area contributed by atoms with Crippen LogP contribution < -0.4 is 16.6 Å². The minimum atomic E-state index is -0.169. The van der Waals surface area contributed by atoms with Crippen molar-refractivity contribution in [2.75, 3.05) is 10.7 Å². The second kappa shape index (κ2) is 5.49. The average Bonchev–Trinajstić information content (AvgIpc) is 2.41. The van der Waals surface area contributed by atoms with Crippen molar-refractivity contribution in [3.05, 3.63) is 53.3 Å². The molecule has 5 nitrogen and oxygen atoms in total. The number of nitrogen functional groups attached to an aromatic ring is 1. The molecule has 1 aromatic heterocycles. The van der Waals surface area contributed by atoms with Gasteiger partial charge < -0.3 is 10.7 Å². The van der Waals surface area contributed by atoms with E-state index in [4.69, 9.17) is 5.84 Å². The molecule has 0 fully saturated rings. The van der Waals surface area contributed by atoms with Gasteiger partial charge in [0.15, 0.2) is 0 Å². The van der Waals surface area contributed by atoms with E-state index in [1.807, 2.05) is 26.0 Å². The number of aromatic nitrogens is 1. The Kier molecular flexibility index (Phi) is 3.77. The molecule has 1 aromatic carbocycles. The van der Waals surface area contributed by atoms with E-state index in [9.17, 15) is 4.79 Å². The molecule has 0 radical (unpaired) electrons. The quantitative estimate of drug-likeness (QED) is 0.581. The number of pyridine rings is 1. The lowest BCUT2D eigenvalue weighted by Crippen LogP contribution is -2.13. The van der Waals surface area contributed by atoms with E-state index in [1.54, 1.807) is 24.4 Å². The van der Waals surface area contributed by atoms with Crippen LogP contribution in [0.2, 0.25) is 0 Å². The van der Waals surface area contributed by atoms with Crippen molar-refractivity contribution < 1.29 is 4.79 Å². The maximum atomic E-state index is 12.1. The smallest absolute Gasteiger partial charge is 0.255 e. The van der Waals surface area contributed by atoms with Gasteiger partial charge in [0, 0.05) is 11.3 Å². The van der Waals surface area contributed by atoms with E-state index in [1.165, 1.54) is 0 Å². The van der Waals surface area contributed by atoms with Crippen molar-refractivity contribution in [2.24, 2.45) is 5.84 Å². The number of hydrazine groups is 1. The number of nitrogens with one attached hydrogen (secondary N) is 2. The molecular weight excluding hydrogens is 240 g/mol. The van der Waals surface area contributed by atoms with Crippen molar-refractivity contribution in [1.82, 2.24) is 4.98 Å². The molecule has 0 saturated carbocycles. The standard InChI is InChI=1S/C14H16N4O/c1-9-7-11(4-6-13(9)18-15)14(19)17-12-5-3-10(2)16-8-12/h3-8,18H,15H2,1-2H3,(H,17,19). The van der Waals surface area contributed by atoms with Crippen LogP contribution >= 0.6 is 0 Å². The fourth-order valence-electron chi connectivity index (χ4n) is 1.71. The van der Waals surface area contributed by atoms with Crippen molar-refractivity contribution >= 4 is 17.3 Å². The zero-order chi connectivity index (χ0) is 13.8. The van der Waals surface area contributed by atoms with E-state index in [-0.39, 0.29) is 5.91 Å². The molecule has 2 aromatic rings. The summed E-state index contributed by atoms with van der Waals surface area (Å²) in [6.07, 6.45) is 1.63. The van der Waals surface area contributed by atoms with Crippen LogP contribution in [0.25, 0.3) is 0 Å². The van der Waals surface area contributed by atoms with Crippen LogP contribution in [0.1, 0.15) is 21.6 Å². The molecule has 98 valence electrons. The van der Waals surface area contributed by atoms with Gasteiger partial charge in [-0.3, -0.25) is 15.6 Å². The molecule has 0 aliphatic heterocycles. The number of nitrogens with two attached hydrogens (primary N) is 1. The molecule has 2 rings (SSSR count). The maximum absolute atomic E-state index is 12.1. The Labute approximate surface area is 111 Å². The first kappa shape index (κ1) is 13.0. The van der Waals surface area contributed by atoms with Crippen LogP contribution in [0.3, 0.4) is 0 Å². The molecule has 5 heteroatoms. The van der Waals surface area contributed by atoms with Crippen molar-refractivity contribution in [1.29, 1.82) is 0 Å². The lowest BCUT2D eigenvalue weighted by molar-refractivity contribution is 0.102. The van der Waals surface area contributed by atoms with E-state index >= 15 is 0 Å². The Morgan fingerprint density at radius 1 is 1.21 bits per heavy atom. The fraction of sp³-hybridized carbons (Fsp3) is 0.143. The molecule has 0 aliphatic rings. The van der Waals surface area contributed by atoms with E-state index in [2.05, 4.69) is 15.7 Å². The van der Waals surface area contributed by atoms with E-state index < -0.39 is 0 Å². The largest absolute Gasteiger partial charge is 0.324 e. The van der Waals surface area contributed by atoms with Crippen LogP contribution in [0.15, 0.2) is 36.5 Å². The molecule has 4 N–H and O–H groups in total. The molecular formula is C14H16N4O. The van der Waals surface area contributed by atoms with Crippen molar-refractivity contribution in [3.63, 3.8) is 0 Å². The monoisotopic (exact) mass is 256 g/mol. The van der Waals surface area contributed by atoms with Gasteiger partial charge in [0.2, 0.25) is 0 Å². The molecule has 0 unspecified atom stereocenters. The van der Waals surface area contributed by atoms with Gasteiger partial charge in [-0.25, -0.2) is 0 Å². The Morgan fingerprint density at radius 3 is 2.58 bits per heavy atom. The van der Waals surface area contributed by atoms with Gasteiger partial charge in [-0.2, -0.15) is 0 Å². The number of hydrogen-bond acceptors (Lipinski definition) is 4. The summed E-state index contributed by atoms with van der Waals surface area (Å²) in [5.41, 5.74) is 6.45. The summed E-state index contributed by atoms with van der Waals surface area (Å²) in [7, 11) is 0.